The summed E-state index contributed by atoms with van der Waals surface area (Å²) in [7, 11) is 0. The number of hydrogen-bond acceptors (Lipinski definition) is 7. The summed E-state index contributed by atoms with van der Waals surface area (Å²) in [5.41, 5.74) is 4.49. The zero-order valence-electron chi connectivity index (χ0n) is 14.8. The molecule has 1 aromatic carbocycles. The molecule has 8 heteroatoms. The highest BCUT2D eigenvalue weighted by Gasteiger charge is 2.23. The van der Waals surface area contributed by atoms with Crippen LogP contribution in [0, 0.1) is 13.8 Å². The van der Waals surface area contributed by atoms with E-state index < -0.39 is 0 Å². The van der Waals surface area contributed by atoms with Gasteiger partial charge < -0.3 is 9.80 Å². The molecule has 0 spiro atoms. The van der Waals surface area contributed by atoms with Crippen LogP contribution in [0.25, 0.3) is 15.9 Å². The molecule has 1 aliphatic heterocycles. The van der Waals surface area contributed by atoms with Gasteiger partial charge in [-0.1, -0.05) is 17.4 Å². The van der Waals surface area contributed by atoms with Gasteiger partial charge in [-0.05, 0) is 31.0 Å². The lowest BCUT2D eigenvalue weighted by atomic mass is 10.1. The minimum atomic E-state index is 0.812. The molecule has 1 fully saturated rings. The first kappa shape index (κ1) is 15.5. The number of piperazine rings is 1. The normalized spacial score (nSPS) is 15.3. The lowest BCUT2D eigenvalue weighted by Gasteiger charge is -2.35. The molecule has 5 rings (SSSR count). The molecule has 132 valence electrons. The SMILES string of the molecule is Cc1cc(C)c2nc(N3CCN(c4nccn5cnnc45)CC3)sc2c1. The highest BCUT2D eigenvalue weighted by molar-refractivity contribution is 7.22. The zero-order chi connectivity index (χ0) is 17.7. The molecule has 7 nitrogen and oxygen atoms in total. The van der Waals surface area contributed by atoms with Crippen LogP contribution in [-0.2, 0) is 0 Å². The second kappa shape index (κ2) is 5.91. The molecule has 26 heavy (non-hydrogen) atoms. The average Bonchev–Trinajstić information content (AvgIpc) is 3.28. The van der Waals surface area contributed by atoms with Crippen molar-refractivity contribution >= 4 is 38.2 Å². The summed E-state index contributed by atoms with van der Waals surface area (Å²) in [6, 6.07) is 4.43. The van der Waals surface area contributed by atoms with Gasteiger partial charge in [-0.2, -0.15) is 0 Å². The number of aromatic nitrogens is 5. The highest BCUT2D eigenvalue weighted by Crippen LogP contribution is 2.32. The summed E-state index contributed by atoms with van der Waals surface area (Å²) >= 11 is 1.79. The molecule has 0 aliphatic carbocycles. The van der Waals surface area contributed by atoms with E-state index in [0.29, 0.717) is 0 Å². The maximum Gasteiger partial charge on any atom is 0.203 e. The Morgan fingerprint density at radius 2 is 1.85 bits per heavy atom. The van der Waals surface area contributed by atoms with Gasteiger partial charge in [0.1, 0.15) is 6.33 Å². The van der Waals surface area contributed by atoms with Crippen LogP contribution in [0.15, 0.2) is 30.9 Å². The molecule has 1 aliphatic rings. The lowest BCUT2D eigenvalue weighted by Crippen LogP contribution is -2.47. The van der Waals surface area contributed by atoms with Crippen LogP contribution in [0.2, 0.25) is 0 Å². The molecule has 0 bridgehead atoms. The second-order valence-corrected chi connectivity index (χ2v) is 7.72. The van der Waals surface area contributed by atoms with E-state index in [1.165, 1.54) is 15.8 Å². The Morgan fingerprint density at radius 1 is 1.04 bits per heavy atom. The van der Waals surface area contributed by atoms with Crippen molar-refractivity contribution in [1.82, 2.24) is 24.6 Å². The number of aryl methyl sites for hydroxylation is 2. The van der Waals surface area contributed by atoms with Crippen LogP contribution in [0.5, 0.6) is 0 Å². The smallest absolute Gasteiger partial charge is 0.203 e. The number of fused-ring (bicyclic) bond motifs is 2. The third-order valence-electron chi connectivity index (χ3n) is 4.87. The van der Waals surface area contributed by atoms with Gasteiger partial charge in [-0.25, -0.2) is 9.97 Å². The van der Waals surface area contributed by atoms with Gasteiger partial charge >= 0.3 is 0 Å². The minimum absolute atomic E-state index is 0.812. The fourth-order valence-corrected chi connectivity index (χ4v) is 4.77. The van der Waals surface area contributed by atoms with Crippen LogP contribution < -0.4 is 9.80 Å². The molecule has 4 aromatic rings. The number of nitrogens with zero attached hydrogens (tertiary/aromatic N) is 7. The average molecular weight is 365 g/mol. The lowest BCUT2D eigenvalue weighted by molar-refractivity contribution is 0.646. The van der Waals surface area contributed by atoms with Crippen LogP contribution in [0.1, 0.15) is 11.1 Å². The van der Waals surface area contributed by atoms with E-state index in [1.54, 1.807) is 23.9 Å². The van der Waals surface area contributed by atoms with Crippen molar-refractivity contribution in [1.29, 1.82) is 0 Å². The Morgan fingerprint density at radius 3 is 2.69 bits per heavy atom. The first-order chi connectivity index (χ1) is 12.7. The first-order valence-corrected chi connectivity index (χ1v) is 9.53. The van der Waals surface area contributed by atoms with Crippen molar-refractivity contribution in [2.24, 2.45) is 0 Å². The van der Waals surface area contributed by atoms with Crippen molar-refractivity contribution in [3.05, 3.63) is 42.0 Å². The Hall–Kier alpha value is -2.74. The van der Waals surface area contributed by atoms with Crippen molar-refractivity contribution < 1.29 is 0 Å². The van der Waals surface area contributed by atoms with Gasteiger partial charge in [-0.3, -0.25) is 4.40 Å². The van der Waals surface area contributed by atoms with Gasteiger partial charge in [0.05, 0.1) is 10.2 Å². The molecule has 0 N–H and O–H groups in total. The summed E-state index contributed by atoms with van der Waals surface area (Å²) in [6.07, 6.45) is 5.39. The summed E-state index contributed by atoms with van der Waals surface area (Å²) < 4.78 is 3.18. The second-order valence-electron chi connectivity index (χ2n) is 6.71. The maximum absolute atomic E-state index is 4.90. The van der Waals surface area contributed by atoms with E-state index in [1.807, 2.05) is 10.6 Å². The monoisotopic (exact) mass is 365 g/mol. The molecule has 0 atom stereocenters. The van der Waals surface area contributed by atoms with Gasteiger partial charge in [0.15, 0.2) is 10.9 Å². The van der Waals surface area contributed by atoms with Crippen LogP contribution >= 0.6 is 11.3 Å². The zero-order valence-corrected chi connectivity index (χ0v) is 15.6. The molecule has 4 heterocycles. The van der Waals surface area contributed by atoms with Crippen molar-refractivity contribution in [3.63, 3.8) is 0 Å². The van der Waals surface area contributed by atoms with E-state index >= 15 is 0 Å². The standard InChI is InChI=1S/C18H19N7S/c1-12-9-13(2)15-14(10-12)26-18(21-15)24-7-5-23(6-8-24)16-17-22-20-11-25(17)4-3-19-16/h3-4,9-11H,5-8H2,1-2H3. The Kier molecular flexibility index (Phi) is 3.53. The Bertz CT molecular complexity index is 1090. The first-order valence-electron chi connectivity index (χ1n) is 8.71. The number of thiazole rings is 1. The largest absolute Gasteiger partial charge is 0.350 e. The third kappa shape index (κ3) is 2.48. The summed E-state index contributed by atoms with van der Waals surface area (Å²) in [4.78, 5) is 14.1. The highest BCUT2D eigenvalue weighted by atomic mass is 32.1. The van der Waals surface area contributed by atoms with Crippen molar-refractivity contribution in [3.8, 4) is 0 Å². The summed E-state index contributed by atoms with van der Waals surface area (Å²) in [6.45, 7) is 7.93. The molecule has 1 saturated heterocycles. The maximum atomic E-state index is 4.90. The topological polar surface area (TPSA) is 62.5 Å². The molecule has 0 saturated carbocycles. The molecular weight excluding hydrogens is 346 g/mol. The van der Waals surface area contributed by atoms with Crippen molar-refractivity contribution in [2.45, 2.75) is 13.8 Å². The van der Waals surface area contributed by atoms with Crippen LogP contribution in [-0.4, -0.2) is 50.7 Å². The number of hydrogen-bond donors (Lipinski definition) is 0. The predicted octanol–water partition coefficient (Wildman–Crippen LogP) is 2.68. The molecule has 0 unspecified atom stereocenters. The van der Waals surface area contributed by atoms with Gasteiger partial charge in [0.2, 0.25) is 5.65 Å². The van der Waals surface area contributed by atoms with E-state index in [2.05, 4.69) is 51.0 Å². The van der Waals surface area contributed by atoms with Crippen LogP contribution in [0.4, 0.5) is 10.9 Å². The van der Waals surface area contributed by atoms with E-state index in [9.17, 15) is 0 Å². The molecule has 3 aromatic heterocycles. The van der Waals surface area contributed by atoms with E-state index in [-0.39, 0.29) is 0 Å². The molecule has 0 amide bonds. The molecular formula is C18H19N7S. The number of benzene rings is 1. The summed E-state index contributed by atoms with van der Waals surface area (Å²) in [5.74, 6) is 0.903. The fraction of sp³-hybridized carbons (Fsp3) is 0.333. The summed E-state index contributed by atoms with van der Waals surface area (Å²) in [5, 5.41) is 9.30. The molecule has 0 radical (unpaired) electrons. The Labute approximate surface area is 154 Å². The van der Waals surface area contributed by atoms with Gasteiger partial charge in [0, 0.05) is 38.6 Å². The van der Waals surface area contributed by atoms with Crippen LogP contribution in [0.3, 0.4) is 0 Å². The quantitative estimate of drug-likeness (QED) is 0.544. The Balaban J connectivity index is 1.39. The van der Waals surface area contributed by atoms with E-state index in [4.69, 9.17) is 4.98 Å². The third-order valence-corrected chi connectivity index (χ3v) is 5.93. The predicted molar refractivity (Wildman–Crippen MR) is 104 cm³/mol. The van der Waals surface area contributed by atoms with Gasteiger partial charge in [-0.15, -0.1) is 10.2 Å². The fourth-order valence-electron chi connectivity index (χ4n) is 3.57. The van der Waals surface area contributed by atoms with Gasteiger partial charge in [0.25, 0.3) is 0 Å². The van der Waals surface area contributed by atoms with Crippen molar-refractivity contribution in [2.75, 3.05) is 36.0 Å². The number of anilines is 2. The number of rotatable bonds is 2. The minimum Gasteiger partial charge on any atom is -0.350 e. The van der Waals surface area contributed by atoms with E-state index in [0.717, 1.165) is 48.3 Å².